The van der Waals surface area contributed by atoms with Gasteiger partial charge in [0.25, 0.3) is 5.69 Å². The summed E-state index contributed by atoms with van der Waals surface area (Å²) < 4.78 is 22.9. The molecule has 144 valence electrons. The number of ether oxygens (including phenoxy) is 1. The highest BCUT2D eigenvalue weighted by atomic mass is 35.7. The Hall–Kier alpha value is -2.41. The zero-order valence-electron chi connectivity index (χ0n) is 14.6. The van der Waals surface area contributed by atoms with Gasteiger partial charge in [0, 0.05) is 23.4 Å². The van der Waals surface area contributed by atoms with Crippen molar-refractivity contribution in [2.45, 2.75) is 26.0 Å². The van der Waals surface area contributed by atoms with Gasteiger partial charge in [0.15, 0.2) is 0 Å². The van der Waals surface area contributed by atoms with Gasteiger partial charge in [0.2, 0.25) is 0 Å². The molecule has 0 spiro atoms. The quantitative estimate of drug-likeness (QED) is 0.295. The van der Waals surface area contributed by atoms with E-state index in [4.69, 9.17) is 20.5 Å². The number of carbonyl (C=O) groups excluding carboxylic acids is 1. The predicted octanol–water partition coefficient (Wildman–Crippen LogP) is 4.43. The topological polar surface area (TPSA) is 108 Å². The lowest BCUT2D eigenvalue weighted by Gasteiger charge is -2.26. The number of non-ortho nitro benzene ring substituents is 1. The lowest BCUT2D eigenvalue weighted by molar-refractivity contribution is -0.384. The summed E-state index contributed by atoms with van der Waals surface area (Å²) in [5.74, 6) is -0.612. The van der Waals surface area contributed by atoms with Crippen LogP contribution >= 0.6 is 18.1 Å². The average Bonchev–Trinajstić information content (AvgIpc) is 2.59. The molecule has 0 heterocycles. The fraction of sp³-hybridized carbons (Fsp3) is 0.235. The number of nitrogens with one attached hydrogen (secondary N) is 1. The SMILES string of the molecule is CC(C)(NP(=O)(Cl)Oc1ccc([N+](=O)[O-])cc1)C(=O)OCc1ccccc1. The first-order chi connectivity index (χ1) is 12.6. The second kappa shape index (κ2) is 8.52. The van der Waals surface area contributed by atoms with Gasteiger partial charge in [-0.15, -0.1) is 0 Å². The minimum absolute atomic E-state index is 0.0555. The molecule has 1 unspecified atom stereocenters. The van der Waals surface area contributed by atoms with Crippen LogP contribution in [0.2, 0.25) is 0 Å². The van der Waals surface area contributed by atoms with Gasteiger partial charge >= 0.3 is 12.8 Å². The first-order valence-electron chi connectivity index (χ1n) is 7.83. The molecule has 10 heteroatoms. The van der Waals surface area contributed by atoms with E-state index in [0.717, 1.165) is 5.56 Å². The number of hydrogen-bond acceptors (Lipinski definition) is 6. The van der Waals surface area contributed by atoms with Crippen molar-refractivity contribution >= 4 is 29.8 Å². The number of nitro groups is 1. The van der Waals surface area contributed by atoms with E-state index < -0.39 is 23.3 Å². The third-order valence-corrected chi connectivity index (χ3v) is 5.14. The summed E-state index contributed by atoms with van der Waals surface area (Å²) in [5, 5.41) is 13.1. The Morgan fingerprint density at radius 1 is 1.19 bits per heavy atom. The van der Waals surface area contributed by atoms with Crippen LogP contribution in [0.3, 0.4) is 0 Å². The maximum absolute atomic E-state index is 12.5. The van der Waals surface area contributed by atoms with Gasteiger partial charge in [-0.3, -0.25) is 14.9 Å². The second-order valence-electron chi connectivity index (χ2n) is 6.12. The summed E-state index contributed by atoms with van der Waals surface area (Å²) in [7, 11) is 0. The Labute approximate surface area is 160 Å². The van der Waals surface area contributed by atoms with E-state index in [-0.39, 0.29) is 18.0 Å². The van der Waals surface area contributed by atoms with Gasteiger partial charge in [-0.1, -0.05) is 30.3 Å². The number of benzene rings is 2. The minimum Gasteiger partial charge on any atom is -0.459 e. The first-order valence-corrected chi connectivity index (χ1v) is 10.4. The summed E-state index contributed by atoms with van der Waals surface area (Å²) in [4.78, 5) is 22.4. The molecule has 0 aromatic heterocycles. The van der Waals surface area contributed by atoms with Crippen LogP contribution in [0.1, 0.15) is 19.4 Å². The van der Waals surface area contributed by atoms with Crippen molar-refractivity contribution in [2.24, 2.45) is 0 Å². The normalized spacial score (nSPS) is 13.4. The Balaban J connectivity index is 1.98. The molecule has 1 atom stereocenters. The lowest BCUT2D eigenvalue weighted by Crippen LogP contribution is -2.45. The van der Waals surface area contributed by atoms with Crippen molar-refractivity contribution < 1.29 is 23.5 Å². The molecular weight excluding hydrogens is 395 g/mol. The molecule has 27 heavy (non-hydrogen) atoms. The zero-order chi connectivity index (χ0) is 20.1. The Bertz CT molecular complexity index is 857. The zero-order valence-corrected chi connectivity index (χ0v) is 16.3. The molecule has 1 N–H and O–H groups in total. The summed E-state index contributed by atoms with van der Waals surface area (Å²) in [5.41, 5.74) is -0.741. The number of hydrogen-bond donors (Lipinski definition) is 1. The minimum atomic E-state index is -3.97. The molecule has 0 aliphatic rings. The summed E-state index contributed by atoms with van der Waals surface area (Å²) >= 11 is 5.90. The fourth-order valence-corrected chi connectivity index (χ4v) is 4.14. The lowest BCUT2D eigenvalue weighted by atomic mass is 10.1. The van der Waals surface area contributed by atoms with Gasteiger partial charge in [-0.25, -0.2) is 9.65 Å². The van der Waals surface area contributed by atoms with Crippen molar-refractivity contribution in [2.75, 3.05) is 0 Å². The van der Waals surface area contributed by atoms with Gasteiger partial charge in [-0.05, 0) is 31.5 Å². The standard InChI is InChI=1S/C17H18ClN2O6P/c1-17(2,16(21)25-12-13-6-4-3-5-7-13)19-27(18,24)26-15-10-8-14(9-11-15)20(22)23/h3-11H,12H2,1-2H3,(H,19,24). The Morgan fingerprint density at radius 3 is 2.33 bits per heavy atom. The van der Waals surface area contributed by atoms with Gasteiger partial charge in [-0.2, -0.15) is 0 Å². The number of esters is 1. The van der Waals surface area contributed by atoms with Crippen LogP contribution < -0.4 is 9.61 Å². The third kappa shape index (κ3) is 6.36. The number of nitro benzene ring substituents is 1. The molecule has 2 aromatic rings. The van der Waals surface area contributed by atoms with Crippen molar-refractivity contribution in [3.63, 3.8) is 0 Å². The smallest absolute Gasteiger partial charge is 0.410 e. The van der Waals surface area contributed by atoms with Crippen LogP contribution in [0.15, 0.2) is 54.6 Å². The fourth-order valence-electron chi connectivity index (χ4n) is 2.07. The average molecular weight is 413 g/mol. The van der Waals surface area contributed by atoms with Crippen LogP contribution in [0.25, 0.3) is 0 Å². The van der Waals surface area contributed by atoms with Crippen LogP contribution in [0.5, 0.6) is 5.75 Å². The molecule has 2 rings (SSSR count). The predicted molar refractivity (Wildman–Crippen MR) is 101 cm³/mol. The van der Waals surface area contributed by atoms with Crippen molar-refractivity contribution in [1.82, 2.24) is 5.09 Å². The van der Waals surface area contributed by atoms with Crippen LogP contribution in [-0.2, 0) is 20.7 Å². The molecule has 0 aliphatic heterocycles. The van der Waals surface area contributed by atoms with E-state index in [9.17, 15) is 19.5 Å². The molecule has 0 bridgehead atoms. The number of rotatable bonds is 8. The molecular formula is C17H18ClN2O6P. The van der Waals surface area contributed by atoms with Crippen LogP contribution in [-0.4, -0.2) is 16.4 Å². The highest BCUT2D eigenvalue weighted by molar-refractivity contribution is 7.84. The van der Waals surface area contributed by atoms with E-state index in [1.807, 2.05) is 18.2 Å². The second-order valence-corrected chi connectivity index (χ2v) is 8.82. The van der Waals surface area contributed by atoms with Crippen molar-refractivity contribution in [1.29, 1.82) is 0 Å². The van der Waals surface area contributed by atoms with Crippen LogP contribution in [0, 0.1) is 10.1 Å². The molecule has 0 fully saturated rings. The van der Waals surface area contributed by atoms with Crippen molar-refractivity contribution in [3.05, 3.63) is 70.3 Å². The highest BCUT2D eigenvalue weighted by Crippen LogP contribution is 2.50. The van der Waals surface area contributed by atoms with Crippen LogP contribution in [0.4, 0.5) is 5.69 Å². The third-order valence-electron chi connectivity index (χ3n) is 3.41. The summed E-state index contributed by atoms with van der Waals surface area (Å²) in [6.45, 7) is -1.01. The van der Waals surface area contributed by atoms with E-state index in [2.05, 4.69) is 5.09 Å². The molecule has 0 amide bonds. The maximum atomic E-state index is 12.5. The van der Waals surface area contributed by atoms with Gasteiger partial charge in [0.1, 0.15) is 17.9 Å². The summed E-state index contributed by atoms with van der Waals surface area (Å²) in [6.07, 6.45) is 0. The molecule has 2 aromatic carbocycles. The molecule has 0 saturated carbocycles. The van der Waals surface area contributed by atoms with E-state index in [0.29, 0.717) is 0 Å². The molecule has 0 saturated heterocycles. The van der Waals surface area contributed by atoms with E-state index >= 15 is 0 Å². The Morgan fingerprint density at radius 2 is 1.78 bits per heavy atom. The first kappa shape index (κ1) is 20.9. The molecule has 0 radical (unpaired) electrons. The van der Waals surface area contributed by atoms with Crippen molar-refractivity contribution in [3.8, 4) is 5.75 Å². The molecule has 0 aliphatic carbocycles. The maximum Gasteiger partial charge on any atom is 0.410 e. The monoisotopic (exact) mass is 412 g/mol. The highest BCUT2D eigenvalue weighted by Gasteiger charge is 2.38. The Kier molecular flexibility index (Phi) is 6.59. The number of carbonyl (C=O) groups is 1. The van der Waals surface area contributed by atoms with E-state index in [1.54, 1.807) is 12.1 Å². The van der Waals surface area contributed by atoms with E-state index in [1.165, 1.54) is 38.1 Å². The van der Waals surface area contributed by atoms with Gasteiger partial charge < -0.3 is 9.26 Å². The van der Waals surface area contributed by atoms with Gasteiger partial charge in [0.05, 0.1) is 4.92 Å². The largest absolute Gasteiger partial charge is 0.459 e. The number of nitrogens with zero attached hydrogens (tertiary/aromatic N) is 1. The molecule has 8 nitrogen and oxygen atoms in total. The summed E-state index contributed by atoms with van der Waals surface area (Å²) in [6, 6.07) is 14.0. The number of halogens is 1.